The largest absolute Gasteiger partial charge is 0.365 e. The lowest BCUT2D eigenvalue weighted by molar-refractivity contribution is 0.613. The molecule has 0 bridgehead atoms. The van der Waals surface area contributed by atoms with Crippen molar-refractivity contribution in [1.82, 2.24) is 4.90 Å². The quantitative estimate of drug-likeness (QED) is 0.787. The van der Waals surface area contributed by atoms with E-state index in [-0.39, 0.29) is 0 Å². The molecule has 1 aliphatic heterocycles. The van der Waals surface area contributed by atoms with Gasteiger partial charge >= 0.3 is 0 Å². The smallest absolute Gasteiger partial charge is 0.126 e. The monoisotopic (exact) mass is 297 g/mol. The highest BCUT2D eigenvalue weighted by molar-refractivity contribution is 6.31. The van der Waals surface area contributed by atoms with Crippen LogP contribution in [-0.2, 0) is 0 Å². The van der Waals surface area contributed by atoms with E-state index >= 15 is 0 Å². The predicted molar refractivity (Wildman–Crippen MR) is 89.2 cm³/mol. The summed E-state index contributed by atoms with van der Waals surface area (Å²) in [5.41, 5.74) is 3.90. The van der Waals surface area contributed by atoms with Crippen LogP contribution < -0.4 is 0 Å². The van der Waals surface area contributed by atoms with Gasteiger partial charge in [-0.15, -0.1) is 0 Å². The first-order chi connectivity index (χ1) is 10.1. The van der Waals surface area contributed by atoms with Crippen LogP contribution in [0.3, 0.4) is 0 Å². The van der Waals surface area contributed by atoms with Gasteiger partial charge < -0.3 is 4.90 Å². The molecule has 3 rings (SSSR count). The van der Waals surface area contributed by atoms with E-state index in [0.29, 0.717) is 11.6 Å². The third-order valence-electron chi connectivity index (χ3n) is 3.41. The van der Waals surface area contributed by atoms with Gasteiger partial charge in [0.15, 0.2) is 0 Å². The molecule has 0 aromatic heterocycles. The number of halogens is 1. The van der Waals surface area contributed by atoms with Crippen LogP contribution in [0.25, 0.3) is 0 Å². The summed E-state index contributed by atoms with van der Waals surface area (Å²) in [7, 11) is 3.97. The molecular weight excluding hydrogens is 282 g/mol. The maximum atomic E-state index is 6.17. The van der Waals surface area contributed by atoms with Crippen LogP contribution in [0, 0.1) is 0 Å². The molecule has 2 aromatic rings. The Labute approximate surface area is 129 Å². The maximum absolute atomic E-state index is 6.17. The number of amidine groups is 1. The van der Waals surface area contributed by atoms with Gasteiger partial charge in [0.2, 0.25) is 0 Å². The Balaban J connectivity index is 2.19. The standard InChI is InChI=1S/C17H16ClN3/c1-21(2)16-11-19-17(12-6-4-3-5-7-12)14-10-13(18)8-9-15(14)20-16/h3-10H,11H2,1-2H3. The Morgan fingerprint density at radius 1 is 1.05 bits per heavy atom. The first kappa shape index (κ1) is 13.8. The lowest BCUT2D eigenvalue weighted by Crippen LogP contribution is -2.24. The maximum Gasteiger partial charge on any atom is 0.126 e. The summed E-state index contributed by atoms with van der Waals surface area (Å²) >= 11 is 6.17. The fourth-order valence-corrected chi connectivity index (χ4v) is 2.46. The first-order valence-electron chi connectivity index (χ1n) is 6.80. The fourth-order valence-electron chi connectivity index (χ4n) is 2.29. The van der Waals surface area contributed by atoms with Crippen LogP contribution in [0.1, 0.15) is 11.1 Å². The van der Waals surface area contributed by atoms with E-state index < -0.39 is 0 Å². The molecule has 0 amide bonds. The normalized spacial score (nSPS) is 13.9. The number of hydrogen-bond donors (Lipinski definition) is 0. The van der Waals surface area contributed by atoms with E-state index in [2.05, 4.69) is 12.1 Å². The van der Waals surface area contributed by atoms with Crippen molar-refractivity contribution in [2.75, 3.05) is 20.6 Å². The predicted octanol–water partition coefficient (Wildman–Crippen LogP) is 3.78. The molecule has 1 aliphatic rings. The number of aliphatic imine (C=N–C) groups is 2. The molecular formula is C17H16ClN3. The summed E-state index contributed by atoms with van der Waals surface area (Å²) in [4.78, 5) is 11.5. The van der Waals surface area contributed by atoms with E-state index in [9.17, 15) is 0 Å². The second kappa shape index (κ2) is 5.70. The van der Waals surface area contributed by atoms with Crippen molar-refractivity contribution >= 4 is 28.8 Å². The van der Waals surface area contributed by atoms with Crippen LogP contribution >= 0.6 is 11.6 Å². The van der Waals surface area contributed by atoms with E-state index in [1.54, 1.807) is 0 Å². The third kappa shape index (κ3) is 2.83. The molecule has 3 nitrogen and oxygen atoms in total. The fraction of sp³-hybridized carbons (Fsp3) is 0.176. The van der Waals surface area contributed by atoms with Crippen molar-refractivity contribution in [3.63, 3.8) is 0 Å². The van der Waals surface area contributed by atoms with Crippen molar-refractivity contribution in [2.45, 2.75) is 0 Å². The molecule has 0 saturated carbocycles. The summed E-state index contributed by atoms with van der Waals surface area (Å²) in [6.07, 6.45) is 0. The van der Waals surface area contributed by atoms with Gasteiger partial charge in [-0.2, -0.15) is 0 Å². The summed E-state index contributed by atoms with van der Waals surface area (Å²) in [6, 6.07) is 15.9. The summed E-state index contributed by atoms with van der Waals surface area (Å²) in [5, 5.41) is 0.695. The van der Waals surface area contributed by atoms with Crippen molar-refractivity contribution in [3.05, 3.63) is 64.7 Å². The van der Waals surface area contributed by atoms with Crippen LogP contribution in [0.5, 0.6) is 0 Å². The van der Waals surface area contributed by atoms with Gasteiger partial charge in [-0.3, -0.25) is 4.99 Å². The topological polar surface area (TPSA) is 28.0 Å². The number of likely N-dealkylation sites (N-methyl/N-ethyl adjacent to an activating group) is 1. The highest BCUT2D eigenvalue weighted by atomic mass is 35.5. The van der Waals surface area contributed by atoms with E-state index in [0.717, 1.165) is 28.4 Å². The summed E-state index contributed by atoms with van der Waals surface area (Å²) < 4.78 is 0. The van der Waals surface area contributed by atoms with Crippen molar-refractivity contribution in [3.8, 4) is 0 Å². The second-order valence-corrected chi connectivity index (χ2v) is 5.55. The number of benzene rings is 2. The van der Waals surface area contributed by atoms with Gasteiger partial charge in [-0.1, -0.05) is 41.9 Å². The Kier molecular flexibility index (Phi) is 3.76. The van der Waals surface area contributed by atoms with Crippen LogP contribution in [0.15, 0.2) is 58.5 Å². The van der Waals surface area contributed by atoms with Gasteiger partial charge in [0, 0.05) is 30.2 Å². The molecule has 0 atom stereocenters. The number of rotatable bonds is 1. The van der Waals surface area contributed by atoms with Gasteiger partial charge in [0.1, 0.15) is 5.84 Å². The second-order valence-electron chi connectivity index (χ2n) is 5.11. The third-order valence-corrected chi connectivity index (χ3v) is 3.64. The van der Waals surface area contributed by atoms with Crippen LogP contribution in [-0.4, -0.2) is 37.1 Å². The summed E-state index contributed by atoms with van der Waals surface area (Å²) in [6.45, 7) is 0.559. The molecule has 1 heterocycles. The van der Waals surface area contributed by atoms with Crippen molar-refractivity contribution in [2.24, 2.45) is 9.98 Å². The van der Waals surface area contributed by atoms with E-state index in [1.165, 1.54) is 0 Å². The van der Waals surface area contributed by atoms with E-state index in [1.807, 2.05) is 55.4 Å². The zero-order valence-electron chi connectivity index (χ0n) is 12.0. The Morgan fingerprint density at radius 3 is 2.52 bits per heavy atom. The molecule has 0 saturated heterocycles. The molecule has 4 heteroatoms. The Hall–Kier alpha value is -2.13. The minimum absolute atomic E-state index is 0.559. The van der Waals surface area contributed by atoms with Crippen LogP contribution in [0.2, 0.25) is 5.02 Å². The van der Waals surface area contributed by atoms with E-state index in [4.69, 9.17) is 21.6 Å². The molecule has 106 valence electrons. The average molecular weight is 298 g/mol. The molecule has 0 spiro atoms. The van der Waals surface area contributed by atoms with Crippen molar-refractivity contribution in [1.29, 1.82) is 0 Å². The number of nitrogens with zero attached hydrogens (tertiary/aromatic N) is 3. The number of fused-ring (bicyclic) bond motifs is 1. The minimum Gasteiger partial charge on any atom is -0.365 e. The lowest BCUT2D eigenvalue weighted by Gasteiger charge is -2.12. The highest BCUT2D eigenvalue weighted by Gasteiger charge is 2.17. The Bertz CT molecular complexity index is 718. The van der Waals surface area contributed by atoms with Crippen LogP contribution in [0.4, 0.5) is 5.69 Å². The molecule has 0 unspecified atom stereocenters. The van der Waals surface area contributed by atoms with Crippen molar-refractivity contribution < 1.29 is 0 Å². The van der Waals surface area contributed by atoms with Gasteiger partial charge in [0.25, 0.3) is 0 Å². The van der Waals surface area contributed by atoms with Gasteiger partial charge in [-0.05, 0) is 18.2 Å². The zero-order chi connectivity index (χ0) is 14.8. The van der Waals surface area contributed by atoms with Gasteiger partial charge in [0.05, 0.1) is 17.9 Å². The Morgan fingerprint density at radius 2 is 1.81 bits per heavy atom. The molecule has 2 aromatic carbocycles. The average Bonchev–Trinajstić information content (AvgIpc) is 2.67. The molecule has 0 aliphatic carbocycles. The molecule has 0 radical (unpaired) electrons. The molecule has 0 N–H and O–H groups in total. The van der Waals surface area contributed by atoms with Gasteiger partial charge in [-0.25, -0.2) is 4.99 Å². The highest BCUT2D eigenvalue weighted by Crippen LogP contribution is 2.28. The molecule has 0 fully saturated rings. The SMILES string of the molecule is CN(C)C1=Nc2ccc(Cl)cc2C(c2ccccc2)=NC1. The number of hydrogen-bond acceptors (Lipinski definition) is 3. The molecule has 21 heavy (non-hydrogen) atoms. The summed E-state index contributed by atoms with van der Waals surface area (Å²) in [5.74, 6) is 0.935. The first-order valence-corrected chi connectivity index (χ1v) is 7.17. The minimum atomic E-state index is 0.559. The lowest BCUT2D eigenvalue weighted by atomic mass is 10.0. The zero-order valence-corrected chi connectivity index (χ0v) is 12.8.